The number of rotatable bonds is 6. The minimum Gasteiger partial charge on any atom is -0.455 e. The summed E-state index contributed by atoms with van der Waals surface area (Å²) in [5.41, 5.74) is -4.00. The lowest BCUT2D eigenvalue weighted by molar-refractivity contribution is -0.274. The van der Waals surface area contributed by atoms with Crippen molar-refractivity contribution in [1.29, 1.82) is 0 Å². The number of sulfonamides is 1. The summed E-state index contributed by atoms with van der Waals surface area (Å²) in [6, 6.07) is 15.3. The molecule has 3 aromatic carbocycles. The minimum absolute atomic E-state index is 0.0720. The lowest BCUT2D eigenvalue weighted by atomic mass is 9.86. The number of nitrogens with one attached hydrogen (secondary N) is 1. The van der Waals surface area contributed by atoms with Crippen molar-refractivity contribution in [3.63, 3.8) is 0 Å². The lowest BCUT2D eigenvalue weighted by Crippen LogP contribution is -2.30. The molecule has 0 aliphatic carbocycles. The Bertz CT molecular complexity index is 1310. The van der Waals surface area contributed by atoms with E-state index >= 15 is 0 Å². The highest BCUT2D eigenvalue weighted by Crippen LogP contribution is 2.38. The Morgan fingerprint density at radius 3 is 1.75 bits per heavy atom. The molecule has 1 N–H and O–H groups in total. The standard InChI is InChI=1S/C24H21F6NO4S/c1-22(2,3)17-7-4-15(5-8-17)16-6-13-20(31-36(32,33)24(28,29)30)21(14-16)34-18-9-11-19(12-10-18)35-23(25,26)27/h4-14,31H,1-3H3. The number of benzene rings is 3. The van der Waals surface area contributed by atoms with Crippen LogP contribution in [0.5, 0.6) is 17.2 Å². The Kier molecular flexibility index (Phi) is 7.22. The molecule has 12 heteroatoms. The van der Waals surface area contributed by atoms with Crippen LogP contribution in [0.1, 0.15) is 26.3 Å². The van der Waals surface area contributed by atoms with Gasteiger partial charge in [0.1, 0.15) is 11.5 Å². The fourth-order valence-electron chi connectivity index (χ4n) is 3.07. The summed E-state index contributed by atoms with van der Waals surface area (Å²) >= 11 is 0. The Hall–Kier alpha value is -3.41. The molecule has 0 atom stereocenters. The van der Waals surface area contributed by atoms with E-state index in [4.69, 9.17) is 4.74 Å². The molecule has 0 spiro atoms. The van der Waals surface area contributed by atoms with Gasteiger partial charge in [-0.15, -0.1) is 13.2 Å². The summed E-state index contributed by atoms with van der Waals surface area (Å²) < 4.78 is 110. The third-order valence-electron chi connectivity index (χ3n) is 4.90. The molecule has 0 amide bonds. The summed E-state index contributed by atoms with van der Waals surface area (Å²) in [4.78, 5) is 0. The van der Waals surface area contributed by atoms with Gasteiger partial charge in [0, 0.05) is 0 Å². The van der Waals surface area contributed by atoms with Gasteiger partial charge in [0.15, 0.2) is 5.75 Å². The van der Waals surface area contributed by atoms with Crippen LogP contribution in [0.4, 0.5) is 32.0 Å². The van der Waals surface area contributed by atoms with Gasteiger partial charge in [-0.2, -0.15) is 21.6 Å². The molecule has 0 aliphatic rings. The van der Waals surface area contributed by atoms with Crippen LogP contribution in [0.3, 0.4) is 0 Å². The van der Waals surface area contributed by atoms with Crippen molar-refractivity contribution in [3.05, 3.63) is 72.3 Å². The topological polar surface area (TPSA) is 64.6 Å². The highest BCUT2D eigenvalue weighted by atomic mass is 32.2. The third-order valence-corrected chi connectivity index (χ3v) is 6.00. The SMILES string of the molecule is CC(C)(C)c1ccc(-c2ccc(NS(=O)(=O)C(F)(F)F)c(Oc3ccc(OC(F)(F)F)cc3)c2)cc1. The summed E-state index contributed by atoms with van der Waals surface area (Å²) in [6.45, 7) is 6.08. The molecule has 3 aromatic rings. The average molecular weight is 533 g/mol. The molecule has 5 nitrogen and oxygen atoms in total. The maximum absolute atomic E-state index is 12.9. The Morgan fingerprint density at radius 1 is 0.722 bits per heavy atom. The van der Waals surface area contributed by atoms with Crippen LogP contribution < -0.4 is 14.2 Å². The van der Waals surface area contributed by atoms with E-state index in [9.17, 15) is 34.8 Å². The van der Waals surface area contributed by atoms with Crippen molar-refractivity contribution in [3.8, 4) is 28.4 Å². The Labute approximate surface area is 203 Å². The fraction of sp³-hybridized carbons (Fsp3) is 0.250. The highest BCUT2D eigenvalue weighted by molar-refractivity contribution is 7.93. The van der Waals surface area contributed by atoms with Crippen molar-refractivity contribution in [2.45, 2.75) is 38.1 Å². The predicted molar refractivity (Wildman–Crippen MR) is 122 cm³/mol. The summed E-state index contributed by atoms with van der Waals surface area (Å²) in [7, 11) is -5.77. The number of anilines is 1. The van der Waals surface area contributed by atoms with E-state index in [0.717, 1.165) is 35.9 Å². The second-order valence-electron chi connectivity index (χ2n) is 8.71. The van der Waals surface area contributed by atoms with Crippen LogP contribution in [-0.2, 0) is 15.4 Å². The summed E-state index contributed by atoms with van der Waals surface area (Å²) in [5.74, 6) is -0.914. The maximum Gasteiger partial charge on any atom is 0.573 e. The van der Waals surface area contributed by atoms with E-state index in [1.807, 2.05) is 32.9 Å². The van der Waals surface area contributed by atoms with Gasteiger partial charge in [0.25, 0.3) is 0 Å². The van der Waals surface area contributed by atoms with Crippen molar-refractivity contribution in [2.24, 2.45) is 0 Å². The molecule has 0 aliphatic heterocycles. The van der Waals surface area contributed by atoms with Gasteiger partial charge in [0.05, 0.1) is 5.69 Å². The molecule has 0 radical (unpaired) electrons. The Morgan fingerprint density at radius 2 is 1.25 bits per heavy atom. The molecule has 0 heterocycles. The van der Waals surface area contributed by atoms with Crippen molar-refractivity contribution < 1.29 is 44.2 Å². The van der Waals surface area contributed by atoms with Gasteiger partial charge in [0.2, 0.25) is 0 Å². The van der Waals surface area contributed by atoms with Gasteiger partial charge in [-0.05, 0) is 58.5 Å². The summed E-state index contributed by atoms with van der Waals surface area (Å²) in [6.07, 6.45) is -4.91. The molecule has 3 rings (SSSR count). The predicted octanol–water partition coefficient (Wildman–Crippen LogP) is 7.60. The van der Waals surface area contributed by atoms with E-state index in [1.165, 1.54) is 16.9 Å². The lowest BCUT2D eigenvalue weighted by Gasteiger charge is -2.19. The minimum atomic E-state index is -5.77. The summed E-state index contributed by atoms with van der Waals surface area (Å²) in [5, 5.41) is 0. The number of alkyl halides is 6. The molecular formula is C24H21F6NO4S. The van der Waals surface area contributed by atoms with Gasteiger partial charge in [-0.1, -0.05) is 51.1 Å². The van der Waals surface area contributed by atoms with Gasteiger partial charge in [-0.3, -0.25) is 4.72 Å². The van der Waals surface area contributed by atoms with Gasteiger partial charge >= 0.3 is 21.9 Å². The third kappa shape index (κ3) is 6.84. The quantitative estimate of drug-likeness (QED) is 0.332. The molecular weight excluding hydrogens is 512 g/mol. The molecule has 0 fully saturated rings. The van der Waals surface area contributed by atoms with E-state index in [-0.39, 0.29) is 16.9 Å². The molecule has 0 saturated carbocycles. The molecule has 194 valence electrons. The van der Waals surface area contributed by atoms with E-state index < -0.39 is 33.3 Å². The first-order chi connectivity index (χ1) is 16.4. The van der Waals surface area contributed by atoms with Crippen LogP contribution in [0.15, 0.2) is 66.7 Å². The Balaban J connectivity index is 1.99. The highest BCUT2D eigenvalue weighted by Gasteiger charge is 2.46. The number of halogens is 6. The van der Waals surface area contributed by atoms with Crippen LogP contribution in [-0.4, -0.2) is 20.3 Å². The largest absolute Gasteiger partial charge is 0.573 e. The van der Waals surface area contributed by atoms with Crippen molar-refractivity contribution >= 4 is 15.7 Å². The fourth-order valence-corrected chi connectivity index (χ4v) is 3.65. The van der Waals surface area contributed by atoms with Crippen LogP contribution >= 0.6 is 0 Å². The van der Waals surface area contributed by atoms with E-state index in [0.29, 0.717) is 11.1 Å². The zero-order valence-corrected chi connectivity index (χ0v) is 20.0. The zero-order chi connectivity index (χ0) is 26.9. The van der Waals surface area contributed by atoms with Crippen LogP contribution in [0.2, 0.25) is 0 Å². The average Bonchev–Trinajstić information content (AvgIpc) is 2.74. The normalized spacial score (nSPS) is 12.8. The molecule has 0 saturated heterocycles. The zero-order valence-electron chi connectivity index (χ0n) is 19.2. The van der Waals surface area contributed by atoms with Crippen molar-refractivity contribution in [2.75, 3.05) is 4.72 Å². The van der Waals surface area contributed by atoms with Crippen LogP contribution in [0, 0.1) is 0 Å². The molecule has 0 bridgehead atoms. The monoisotopic (exact) mass is 533 g/mol. The second-order valence-corrected chi connectivity index (χ2v) is 10.4. The molecule has 0 unspecified atom stereocenters. The first-order valence-electron chi connectivity index (χ1n) is 10.3. The number of hydrogen-bond acceptors (Lipinski definition) is 4. The molecule has 0 aromatic heterocycles. The van der Waals surface area contributed by atoms with Gasteiger partial charge in [-0.25, -0.2) is 0 Å². The van der Waals surface area contributed by atoms with Gasteiger partial charge < -0.3 is 9.47 Å². The first kappa shape index (κ1) is 27.2. The number of hydrogen-bond donors (Lipinski definition) is 1. The first-order valence-corrected chi connectivity index (χ1v) is 11.8. The maximum atomic E-state index is 12.9. The van der Waals surface area contributed by atoms with Crippen molar-refractivity contribution in [1.82, 2.24) is 0 Å². The second kappa shape index (κ2) is 9.57. The van der Waals surface area contributed by atoms with E-state index in [2.05, 4.69) is 4.74 Å². The van der Waals surface area contributed by atoms with E-state index in [1.54, 1.807) is 12.1 Å². The number of ether oxygens (including phenoxy) is 2. The smallest absolute Gasteiger partial charge is 0.455 e. The molecule has 36 heavy (non-hydrogen) atoms. The van der Waals surface area contributed by atoms with Crippen LogP contribution in [0.25, 0.3) is 11.1 Å².